The van der Waals surface area contributed by atoms with Gasteiger partial charge in [-0.2, -0.15) is 0 Å². The molecule has 14 heteroatoms. The number of aliphatic hydroxyl groups is 3. The Balaban J connectivity index is 1.35. The fraction of sp³-hybridized carbons (Fsp3) is 0.308. The largest absolute Gasteiger partial charge is 0.495 e. The van der Waals surface area contributed by atoms with Crippen molar-refractivity contribution in [2.45, 2.75) is 31.2 Å². The van der Waals surface area contributed by atoms with Gasteiger partial charge in [0.1, 0.15) is 36.4 Å². The number of aromatic nitrogens is 2. The molecule has 4 atom stereocenters. The van der Waals surface area contributed by atoms with E-state index in [1.807, 2.05) is 0 Å². The summed E-state index contributed by atoms with van der Waals surface area (Å²) in [6, 6.07) is 9.53. The Hall–Kier alpha value is -4.01. The first-order valence-electron chi connectivity index (χ1n) is 12.0. The Morgan fingerprint density at radius 1 is 1.12 bits per heavy atom. The number of anilines is 2. The lowest BCUT2D eigenvalue weighted by Gasteiger charge is -2.34. The van der Waals surface area contributed by atoms with Crippen molar-refractivity contribution in [3.05, 3.63) is 64.9 Å². The van der Waals surface area contributed by atoms with Crippen molar-refractivity contribution in [2.24, 2.45) is 0 Å². The van der Waals surface area contributed by atoms with Gasteiger partial charge in [0.15, 0.2) is 5.75 Å². The number of carbonyl (C=O) groups is 2. The van der Waals surface area contributed by atoms with Gasteiger partial charge in [-0.3, -0.25) is 9.59 Å². The molecule has 0 radical (unpaired) electrons. The third kappa shape index (κ3) is 6.58. The van der Waals surface area contributed by atoms with E-state index in [-0.39, 0.29) is 24.2 Å². The SMILES string of the molecule is CNC(=O)c1cc(COc2cnc(Nc3ccc(O[C@@H]4O[C@H](CO)[C@@H](O)[C@H](O)C4=O)cc3)nc2)c(Cl)c(OC)c1. The van der Waals surface area contributed by atoms with Crippen LogP contribution in [-0.4, -0.2) is 82.3 Å². The number of ketones is 1. The van der Waals surface area contributed by atoms with Crippen molar-refractivity contribution in [1.29, 1.82) is 0 Å². The summed E-state index contributed by atoms with van der Waals surface area (Å²) in [5, 5.41) is 34.8. The molecular formula is C26H27ClN4O9. The predicted octanol–water partition coefficient (Wildman–Crippen LogP) is 1.21. The molecule has 2 heterocycles. The third-order valence-electron chi connectivity index (χ3n) is 5.91. The van der Waals surface area contributed by atoms with Crippen LogP contribution in [0.25, 0.3) is 0 Å². The quantitative estimate of drug-likeness (QED) is 0.234. The smallest absolute Gasteiger partial charge is 0.263 e. The van der Waals surface area contributed by atoms with Crippen LogP contribution < -0.4 is 24.8 Å². The Bertz CT molecular complexity index is 1340. The molecule has 1 aromatic heterocycles. The zero-order valence-corrected chi connectivity index (χ0v) is 22.2. The fourth-order valence-corrected chi connectivity index (χ4v) is 3.97. The molecule has 0 bridgehead atoms. The summed E-state index contributed by atoms with van der Waals surface area (Å²) in [7, 11) is 2.98. The lowest BCUT2D eigenvalue weighted by atomic mass is 10.0. The van der Waals surface area contributed by atoms with Crippen LogP contribution in [0, 0.1) is 0 Å². The third-order valence-corrected chi connectivity index (χ3v) is 6.34. The Morgan fingerprint density at radius 3 is 2.45 bits per heavy atom. The number of benzene rings is 2. The van der Waals surface area contributed by atoms with Crippen LogP contribution in [0.15, 0.2) is 48.8 Å². The number of halogens is 1. The van der Waals surface area contributed by atoms with Gasteiger partial charge in [-0.25, -0.2) is 9.97 Å². The Morgan fingerprint density at radius 2 is 1.82 bits per heavy atom. The van der Waals surface area contributed by atoms with Crippen LogP contribution in [0.4, 0.5) is 11.6 Å². The number of nitrogens with zero attached hydrogens (tertiary/aromatic N) is 2. The second-order valence-corrected chi connectivity index (χ2v) is 8.93. The van der Waals surface area contributed by atoms with Gasteiger partial charge in [0.2, 0.25) is 11.7 Å². The number of rotatable bonds is 10. The van der Waals surface area contributed by atoms with Crippen LogP contribution in [0.2, 0.25) is 5.02 Å². The molecule has 3 aromatic rings. The van der Waals surface area contributed by atoms with E-state index in [0.29, 0.717) is 33.3 Å². The molecule has 13 nitrogen and oxygen atoms in total. The number of Topliss-reactive ketones (excluding diaryl/α,β-unsaturated/α-hetero) is 1. The second kappa shape index (κ2) is 12.9. The van der Waals surface area contributed by atoms with E-state index >= 15 is 0 Å². The van der Waals surface area contributed by atoms with Gasteiger partial charge in [0.05, 0.1) is 31.1 Å². The number of carbonyl (C=O) groups excluding carboxylic acids is 2. The van der Waals surface area contributed by atoms with Crippen molar-refractivity contribution in [1.82, 2.24) is 15.3 Å². The van der Waals surface area contributed by atoms with Gasteiger partial charge in [0.25, 0.3) is 12.2 Å². The standard InChI is InChI=1S/C26H27ClN4O9/c1-28-24(36)13-7-14(20(27)18(8-13)37-2)12-38-17-9-29-26(30-10-17)31-15-3-5-16(6-4-15)39-25-23(35)22(34)21(33)19(11-32)40-25/h3-10,19,21-22,25,32-34H,11-12H2,1-2H3,(H,28,36)(H,29,30,31)/t19-,21-,22+,25-/m1/s1. The molecule has 1 aliphatic heterocycles. The summed E-state index contributed by atoms with van der Waals surface area (Å²) >= 11 is 6.37. The fourth-order valence-electron chi connectivity index (χ4n) is 3.72. The average Bonchev–Trinajstić information content (AvgIpc) is 2.98. The summed E-state index contributed by atoms with van der Waals surface area (Å²) in [5.41, 5.74) is 1.52. The maximum atomic E-state index is 12.2. The summed E-state index contributed by atoms with van der Waals surface area (Å²) < 4.78 is 21.7. The molecule has 2 aromatic carbocycles. The van der Waals surface area contributed by atoms with E-state index in [1.54, 1.807) is 36.4 Å². The Kier molecular flexibility index (Phi) is 9.34. The highest BCUT2D eigenvalue weighted by atomic mass is 35.5. The number of hydrogen-bond donors (Lipinski definition) is 5. The topological polar surface area (TPSA) is 182 Å². The van der Waals surface area contributed by atoms with Crippen molar-refractivity contribution in [3.63, 3.8) is 0 Å². The zero-order valence-electron chi connectivity index (χ0n) is 21.4. The maximum absolute atomic E-state index is 12.2. The highest BCUT2D eigenvalue weighted by Gasteiger charge is 2.44. The van der Waals surface area contributed by atoms with E-state index in [1.165, 1.54) is 26.6 Å². The molecule has 0 unspecified atom stereocenters. The van der Waals surface area contributed by atoms with Gasteiger partial charge >= 0.3 is 0 Å². The van der Waals surface area contributed by atoms with Crippen molar-refractivity contribution >= 4 is 34.9 Å². The molecule has 40 heavy (non-hydrogen) atoms. The molecule has 0 aliphatic carbocycles. The van der Waals surface area contributed by atoms with E-state index in [2.05, 4.69) is 20.6 Å². The second-order valence-electron chi connectivity index (χ2n) is 8.56. The summed E-state index contributed by atoms with van der Waals surface area (Å²) in [5.74, 6) is 0.0909. The lowest BCUT2D eigenvalue weighted by molar-refractivity contribution is -0.219. The lowest BCUT2D eigenvalue weighted by Crippen LogP contribution is -2.57. The summed E-state index contributed by atoms with van der Waals surface area (Å²) in [6.07, 6.45) is -2.98. The van der Waals surface area contributed by atoms with E-state index in [4.69, 9.17) is 30.5 Å². The molecule has 0 saturated carbocycles. The first kappa shape index (κ1) is 29.0. The molecule has 212 valence electrons. The minimum absolute atomic E-state index is 0.0415. The summed E-state index contributed by atoms with van der Waals surface area (Å²) in [6.45, 7) is -0.550. The minimum atomic E-state index is -1.73. The number of methoxy groups -OCH3 is 1. The highest BCUT2D eigenvalue weighted by molar-refractivity contribution is 6.33. The van der Waals surface area contributed by atoms with E-state index in [0.717, 1.165) is 0 Å². The van der Waals surface area contributed by atoms with E-state index in [9.17, 15) is 24.9 Å². The van der Waals surface area contributed by atoms with Crippen molar-refractivity contribution in [3.8, 4) is 17.2 Å². The maximum Gasteiger partial charge on any atom is 0.263 e. The Labute approximate surface area is 233 Å². The van der Waals surface area contributed by atoms with Gasteiger partial charge in [-0.1, -0.05) is 11.6 Å². The molecule has 1 saturated heterocycles. The number of ether oxygens (including phenoxy) is 4. The molecular weight excluding hydrogens is 548 g/mol. The highest BCUT2D eigenvalue weighted by Crippen LogP contribution is 2.31. The molecule has 1 amide bonds. The van der Waals surface area contributed by atoms with Gasteiger partial charge in [-0.15, -0.1) is 0 Å². The van der Waals surface area contributed by atoms with Gasteiger partial charge < -0.3 is 44.9 Å². The summed E-state index contributed by atoms with van der Waals surface area (Å²) in [4.78, 5) is 32.6. The van der Waals surface area contributed by atoms with Crippen LogP contribution in [0.5, 0.6) is 17.2 Å². The van der Waals surface area contributed by atoms with Crippen LogP contribution in [0.1, 0.15) is 15.9 Å². The van der Waals surface area contributed by atoms with Crippen molar-refractivity contribution < 1.29 is 43.9 Å². The molecule has 1 aliphatic rings. The molecule has 1 fully saturated rings. The van der Waals surface area contributed by atoms with Crippen molar-refractivity contribution in [2.75, 3.05) is 26.1 Å². The average molecular weight is 575 g/mol. The zero-order chi connectivity index (χ0) is 28.8. The number of nitrogens with one attached hydrogen (secondary N) is 2. The first-order chi connectivity index (χ1) is 19.2. The normalized spacial score (nSPS) is 20.5. The van der Waals surface area contributed by atoms with Crippen LogP contribution in [-0.2, 0) is 16.1 Å². The van der Waals surface area contributed by atoms with Gasteiger partial charge in [-0.05, 0) is 36.4 Å². The van der Waals surface area contributed by atoms with E-state index < -0.39 is 37.0 Å². The molecule has 0 spiro atoms. The minimum Gasteiger partial charge on any atom is -0.495 e. The number of aliphatic hydroxyl groups excluding tert-OH is 3. The molecule has 4 rings (SSSR count). The van der Waals surface area contributed by atoms with Gasteiger partial charge in [0, 0.05) is 23.9 Å². The van der Waals surface area contributed by atoms with Crippen LogP contribution >= 0.6 is 11.6 Å². The number of hydrogen-bond acceptors (Lipinski definition) is 12. The number of amides is 1. The van der Waals surface area contributed by atoms with Crippen LogP contribution in [0.3, 0.4) is 0 Å². The molecule has 5 N–H and O–H groups in total. The first-order valence-corrected chi connectivity index (χ1v) is 12.3. The monoisotopic (exact) mass is 574 g/mol. The predicted molar refractivity (Wildman–Crippen MR) is 141 cm³/mol.